The van der Waals surface area contributed by atoms with Crippen molar-refractivity contribution in [2.24, 2.45) is 0 Å². The lowest BCUT2D eigenvalue weighted by molar-refractivity contribution is -0.119. The van der Waals surface area contributed by atoms with Crippen LogP contribution in [0.1, 0.15) is 24.0 Å². The van der Waals surface area contributed by atoms with E-state index in [9.17, 15) is 4.79 Å². The molecule has 132 valence electrons. The van der Waals surface area contributed by atoms with Crippen LogP contribution >= 0.6 is 23.8 Å². The molecule has 0 aliphatic rings. The van der Waals surface area contributed by atoms with Crippen molar-refractivity contribution in [1.82, 2.24) is 5.32 Å². The van der Waals surface area contributed by atoms with Crippen LogP contribution in [0.15, 0.2) is 42.5 Å². The predicted molar refractivity (Wildman–Crippen MR) is 106 cm³/mol. The van der Waals surface area contributed by atoms with E-state index in [0.717, 1.165) is 22.6 Å². The van der Waals surface area contributed by atoms with Crippen LogP contribution < -0.4 is 15.4 Å². The first-order valence-corrected chi connectivity index (χ1v) is 8.78. The summed E-state index contributed by atoms with van der Waals surface area (Å²) in [6.07, 6.45) is 0.933. The van der Waals surface area contributed by atoms with Crippen molar-refractivity contribution in [2.45, 2.75) is 26.7 Å². The number of hydrogen-bond donors (Lipinski definition) is 2. The molecule has 0 aliphatic heterocycles. The van der Waals surface area contributed by atoms with Crippen LogP contribution in [0.4, 0.5) is 5.69 Å². The zero-order valence-electron chi connectivity index (χ0n) is 14.3. The number of nitrogens with one attached hydrogen (secondary N) is 2. The van der Waals surface area contributed by atoms with Crippen LogP contribution in [0.2, 0.25) is 5.02 Å². The highest BCUT2D eigenvalue weighted by Gasteiger charge is 2.06. The summed E-state index contributed by atoms with van der Waals surface area (Å²) in [5.74, 6) is 0.596. The largest absolute Gasteiger partial charge is 0.494 e. The zero-order chi connectivity index (χ0) is 18.2. The maximum atomic E-state index is 11.9. The molecule has 25 heavy (non-hydrogen) atoms. The molecule has 2 N–H and O–H groups in total. The number of anilines is 1. The molecule has 2 aromatic carbocycles. The summed E-state index contributed by atoms with van der Waals surface area (Å²) in [5.41, 5.74) is 3.14. The van der Waals surface area contributed by atoms with Crippen molar-refractivity contribution in [3.63, 3.8) is 0 Å². The second-order valence-corrected chi connectivity index (χ2v) is 6.63. The molecule has 0 aliphatic carbocycles. The van der Waals surface area contributed by atoms with Gasteiger partial charge in [-0.25, -0.2) is 0 Å². The maximum absolute atomic E-state index is 11.9. The average molecular weight is 377 g/mol. The summed E-state index contributed by atoms with van der Waals surface area (Å²) in [7, 11) is 0. The molecular formula is C19H21ClN2O2S. The van der Waals surface area contributed by atoms with Crippen molar-refractivity contribution in [2.75, 3.05) is 11.9 Å². The number of benzene rings is 2. The number of amides is 1. The van der Waals surface area contributed by atoms with Crippen LogP contribution in [0.3, 0.4) is 0 Å². The lowest BCUT2D eigenvalue weighted by Crippen LogP contribution is -2.34. The van der Waals surface area contributed by atoms with E-state index in [1.807, 2.05) is 26.0 Å². The van der Waals surface area contributed by atoms with E-state index in [1.54, 1.807) is 24.3 Å². The number of carbonyl (C=O) groups excluding carboxylic acids is 1. The summed E-state index contributed by atoms with van der Waals surface area (Å²) in [4.78, 5) is 11.9. The number of aryl methyl sites for hydroxylation is 2. The van der Waals surface area contributed by atoms with Gasteiger partial charge in [0.2, 0.25) is 5.91 Å². The van der Waals surface area contributed by atoms with Crippen LogP contribution in [0.5, 0.6) is 5.75 Å². The Balaban J connectivity index is 1.68. The summed E-state index contributed by atoms with van der Waals surface area (Å²) in [5, 5.41) is 6.68. The molecule has 0 saturated heterocycles. The van der Waals surface area contributed by atoms with Gasteiger partial charge in [-0.15, -0.1) is 0 Å². The fraction of sp³-hybridized carbons (Fsp3) is 0.263. The molecule has 0 aromatic heterocycles. The molecule has 0 spiro atoms. The third kappa shape index (κ3) is 7.11. The molecule has 0 atom stereocenters. The lowest BCUT2D eigenvalue weighted by atomic mass is 10.1. The Kier molecular flexibility index (Phi) is 7.22. The second kappa shape index (κ2) is 9.39. The number of ether oxygens (including phenoxy) is 1. The number of thiocarbonyl (C=S) groups is 1. The Hall–Kier alpha value is -2.11. The van der Waals surface area contributed by atoms with Crippen LogP contribution in [-0.4, -0.2) is 17.6 Å². The zero-order valence-corrected chi connectivity index (χ0v) is 15.8. The minimum atomic E-state index is -0.137. The number of carbonyl (C=O) groups is 1. The van der Waals surface area contributed by atoms with E-state index in [1.165, 1.54) is 0 Å². The molecule has 0 saturated carbocycles. The molecule has 0 bridgehead atoms. The first-order chi connectivity index (χ1) is 11.9. The minimum Gasteiger partial charge on any atom is -0.494 e. The highest BCUT2D eigenvalue weighted by molar-refractivity contribution is 7.80. The Morgan fingerprint density at radius 3 is 2.40 bits per heavy atom. The van der Waals surface area contributed by atoms with Crippen molar-refractivity contribution in [3.05, 3.63) is 58.6 Å². The number of rotatable bonds is 6. The average Bonchev–Trinajstić information content (AvgIpc) is 2.52. The molecule has 2 rings (SSSR count). The van der Waals surface area contributed by atoms with Gasteiger partial charge >= 0.3 is 0 Å². The van der Waals surface area contributed by atoms with Gasteiger partial charge < -0.3 is 15.4 Å². The first-order valence-electron chi connectivity index (χ1n) is 8.00. The number of halogens is 1. The maximum Gasteiger partial charge on any atom is 0.226 e. The monoisotopic (exact) mass is 376 g/mol. The van der Waals surface area contributed by atoms with Crippen molar-refractivity contribution >= 4 is 40.5 Å². The normalized spacial score (nSPS) is 10.2. The van der Waals surface area contributed by atoms with Gasteiger partial charge in [0, 0.05) is 17.1 Å². The van der Waals surface area contributed by atoms with Gasteiger partial charge in [0.15, 0.2) is 5.11 Å². The second-order valence-electron chi connectivity index (χ2n) is 5.78. The Labute approximate surface area is 158 Å². The smallest absolute Gasteiger partial charge is 0.226 e. The van der Waals surface area contributed by atoms with Crippen molar-refractivity contribution < 1.29 is 9.53 Å². The van der Waals surface area contributed by atoms with Crippen molar-refractivity contribution in [3.8, 4) is 5.75 Å². The molecule has 6 heteroatoms. The minimum absolute atomic E-state index is 0.137. The van der Waals surface area contributed by atoms with Gasteiger partial charge in [0.05, 0.1) is 6.61 Å². The van der Waals surface area contributed by atoms with E-state index in [-0.39, 0.29) is 5.91 Å². The van der Waals surface area contributed by atoms with Gasteiger partial charge in [0.25, 0.3) is 0 Å². The number of hydrogen-bond acceptors (Lipinski definition) is 3. The molecule has 0 heterocycles. The summed E-state index contributed by atoms with van der Waals surface area (Å²) in [6.45, 7) is 4.48. The Morgan fingerprint density at radius 1 is 1.12 bits per heavy atom. The molecular weight excluding hydrogens is 356 g/mol. The molecule has 0 radical (unpaired) electrons. The quantitative estimate of drug-likeness (QED) is 0.570. The molecule has 0 fully saturated rings. The lowest BCUT2D eigenvalue weighted by Gasteiger charge is -2.11. The van der Waals surface area contributed by atoms with E-state index in [0.29, 0.717) is 29.6 Å². The SMILES string of the molecule is Cc1cc(C)cc(NC(=S)NC(=O)CCCOc2ccc(Cl)cc2)c1. The Bertz CT molecular complexity index is 727. The highest BCUT2D eigenvalue weighted by Crippen LogP contribution is 2.16. The molecule has 0 unspecified atom stereocenters. The standard InChI is InChI=1S/C19H21ClN2O2S/c1-13-10-14(2)12-16(11-13)21-19(25)22-18(23)4-3-9-24-17-7-5-15(20)6-8-17/h5-8,10-12H,3-4,9H2,1-2H3,(H2,21,22,23,25). The van der Waals surface area contributed by atoms with Gasteiger partial charge in [-0.3, -0.25) is 4.79 Å². The van der Waals surface area contributed by atoms with Crippen LogP contribution in [-0.2, 0) is 4.79 Å². The van der Waals surface area contributed by atoms with Crippen LogP contribution in [0, 0.1) is 13.8 Å². The van der Waals surface area contributed by atoms with Gasteiger partial charge in [-0.2, -0.15) is 0 Å². The molecule has 4 nitrogen and oxygen atoms in total. The van der Waals surface area contributed by atoms with E-state index < -0.39 is 0 Å². The predicted octanol–water partition coefficient (Wildman–Crippen LogP) is 4.63. The third-order valence-electron chi connectivity index (χ3n) is 3.36. The first kappa shape index (κ1) is 19.2. The van der Waals surface area contributed by atoms with Crippen molar-refractivity contribution in [1.29, 1.82) is 0 Å². The van der Waals surface area contributed by atoms with E-state index in [4.69, 9.17) is 28.6 Å². The van der Waals surface area contributed by atoms with Gasteiger partial charge in [-0.05, 0) is 80.0 Å². The topological polar surface area (TPSA) is 50.4 Å². The van der Waals surface area contributed by atoms with Gasteiger partial charge in [0.1, 0.15) is 5.75 Å². The fourth-order valence-electron chi connectivity index (χ4n) is 2.35. The van der Waals surface area contributed by atoms with Gasteiger partial charge in [-0.1, -0.05) is 17.7 Å². The fourth-order valence-corrected chi connectivity index (χ4v) is 2.71. The van der Waals surface area contributed by atoms with E-state index >= 15 is 0 Å². The summed E-state index contributed by atoms with van der Waals surface area (Å²) >= 11 is 11.0. The molecule has 2 aromatic rings. The summed E-state index contributed by atoms with van der Waals surface area (Å²) < 4.78 is 5.55. The molecule has 1 amide bonds. The van der Waals surface area contributed by atoms with E-state index in [2.05, 4.69) is 16.7 Å². The van der Waals surface area contributed by atoms with Crippen LogP contribution in [0.25, 0.3) is 0 Å². The third-order valence-corrected chi connectivity index (χ3v) is 3.82. The summed E-state index contributed by atoms with van der Waals surface area (Å²) in [6, 6.07) is 13.2. The Morgan fingerprint density at radius 2 is 1.76 bits per heavy atom. The highest BCUT2D eigenvalue weighted by atomic mass is 35.5.